The molecule has 0 radical (unpaired) electrons. The van der Waals surface area contributed by atoms with Crippen LogP contribution in [0.3, 0.4) is 0 Å². The highest BCUT2D eigenvalue weighted by Crippen LogP contribution is 2.04. The molecule has 0 aliphatic carbocycles. The highest BCUT2D eigenvalue weighted by molar-refractivity contribution is 5.81. The first-order chi connectivity index (χ1) is 9.25. The third-order valence-corrected chi connectivity index (χ3v) is 2.95. The topological polar surface area (TPSA) is 83.8 Å². The van der Waals surface area contributed by atoms with Crippen molar-refractivity contribution in [3.05, 3.63) is 53.9 Å². The van der Waals surface area contributed by atoms with Gasteiger partial charge in [0.15, 0.2) is 0 Å². The van der Waals surface area contributed by atoms with Crippen molar-refractivity contribution in [3.63, 3.8) is 0 Å². The van der Waals surface area contributed by atoms with Crippen LogP contribution in [-0.2, 0) is 17.8 Å². The number of rotatable bonds is 6. The number of aryl methyl sites for hydroxylation is 1. The van der Waals surface area contributed by atoms with Crippen molar-refractivity contribution in [2.45, 2.75) is 25.4 Å². The van der Waals surface area contributed by atoms with Crippen LogP contribution in [0.25, 0.3) is 0 Å². The molecule has 0 unspecified atom stereocenters. The Hall–Kier alpha value is -2.14. The number of carbonyl (C=O) groups excluding carboxylic acids is 1. The summed E-state index contributed by atoms with van der Waals surface area (Å²) in [6.07, 6.45) is 4.87. The second kappa shape index (κ2) is 6.70. The van der Waals surface area contributed by atoms with E-state index in [4.69, 9.17) is 5.73 Å². The van der Waals surface area contributed by atoms with E-state index >= 15 is 0 Å². The lowest BCUT2D eigenvalue weighted by Gasteiger charge is -2.11. The van der Waals surface area contributed by atoms with Gasteiger partial charge in [0.05, 0.1) is 12.2 Å². The number of benzene rings is 1. The molecule has 1 amide bonds. The quantitative estimate of drug-likeness (QED) is 0.722. The van der Waals surface area contributed by atoms with Crippen molar-refractivity contribution in [1.29, 1.82) is 0 Å². The Labute approximate surface area is 112 Å². The number of nitrogens with two attached hydrogens (primary N) is 1. The number of carbonyl (C=O) groups is 1. The molecule has 1 aromatic heterocycles. The minimum Gasteiger partial charge on any atom is -0.351 e. The molecular weight excluding hydrogens is 240 g/mol. The third-order valence-electron chi connectivity index (χ3n) is 2.95. The van der Waals surface area contributed by atoms with Gasteiger partial charge in [-0.15, -0.1) is 0 Å². The zero-order valence-electron chi connectivity index (χ0n) is 10.7. The molecule has 4 N–H and O–H groups in total. The molecule has 100 valence electrons. The summed E-state index contributed by atoms with van der Waals surface area (Å²) in [6.45, 7) is 0.453. The molecule has 0 aliphatic heterocycles. The van der Waals surface area contributed by atoms with Crippen molar-refractivity contribution in [3.8, 4) is 0 Å². The van der Waals surface area contributed by atoms with Crippen LogP contribution < -0.4 is 11.1 Å². The van der Waals surface area contributed by atoms with Crippen LogP contribution in [-0.4, -0.2) is 22.1 Å². The van der Waals surface area contributed by atoms with Gasteiger partial charge in [0.1, 0.15) is 0 Å². The molecule has 1 aromatic carbocycles. The Morgan fingerprint density at radius 2 is 2.11 bits per heavy atom. The molecule has 2 rings (SSSR count). The summed E-state index contributed by atoms with van der Waals surface area (Å²) < 4.78 is 0. The summed E-state index contributed by atoms with van der Waals surface area (Å²) in [5, 5.41) is 9.31. The van der Waals surface area contributed by atoms with Crippen molar-refractivity contribution < 1.29 is 4.79 Å². The van der Waals surface area contributed by atoms with Crippen LogP contribution in [0.5, 0.6) is 0 Å². The van der Waals surface area contributed by atoms with E-state index in [1.807, 2.05) is 30.3 Å². The van der Waals surface area contributed by atoms with Crippen LogP contribution >= 0.6 is 0 Å². The number of nitrogens with zero attached hydrogens (tertiary/aromatic N) is 1. The van der Waals surface area contributed by atoms with Gasteiger partial charge in [-0.2, -0.15) is 5.10 Å². The Morgan fingerprint density at radius 1 is 1.32 bits per heavy atom. The van der Waals surface area contributed by atoms with Gasteiger partial charge in [-0.3, -0.25) is 9.89 Å². The van der Waals surface area contributed by atoms with Gasteiger partial charge in [-0.1, -0.05) is 30.3 Å². The third kappa shape index (κ3) is 4.22. The lowest BCUT2D eigenvalue weighted by Crippen LogP contribution is -2.40. The molecule has 1 heterocycles. The number of hydrogen-bond donors (Lipinski definition) is 3. The zero-order valence-corrected chi connectivity index (χ0v) is 10.7. The van der Waals surface area contributed by atoms with E-state index in [0.29, 0.717) is 13.0 Å². The van der Waals surface area contributed by atoms with E-state index in [9.17, 15) is 4.79 Å². The summed E-state index contributed by atoms with van der Waals surface area (Å²) in [5.41, 5.74) is 8.00. The van der Waals surface area contributed by atoms with Gasteiger partial charge in [0, 0.05) is 18.3 Å². The maximum Gasteiger partial charge on any atom is 0.237 e. The van der Waals surface area contributed by atoms with E-state index < -0.39 is 6.04 Å². The molecule has 1 atom stereocenters. The molecule has 5 nitrogen and oxygen atoms in total. The van der Waals surface area contributed by atoms with Crippen LogP contribution in [0, 0.1) is 0 Å². The second-order valence-electron chi connectivity index (χ2n) is 4.46. The molecule has 0 saturated heterocycles. The van der Waals surface area contributed by atoms with Gasteiger partial charge in [0.25, 0.3) is 0 Å². The van der Waals surface area contributed by atoms with Gasteiger partial charge in [-0.05, 0) is 18.4 Å². The summed E-state index contributed by atoms with van der Waals surface area (Å²) in [7, 11) is 0. The normalized spacial score (nSPS) is 12.1. The van der Waals surface area contributed by atoms with Gasteiger partial charge < -0.3 is 11.1 Å². The standard InChI is InChI=1S/C14H18N4O/c15-13(7-6-11-4-2-1-3-5-11)14(19)16-8-12-9-17-18-10-12/h1-5,9-10,13H,6-8,15H2,(H,16,19)(H,17,18)/t13-/m0/s1. The molecule has 0 saturated carbocycles. The molecular formula is C14H18N4O. The van der Waals surface area contributed by atoms with E-state index in [1.165, 1.54) is 5.56 Å². The van der Waals surface area contributed by atoms with Crippen molar-refractivity contribution in [2.24, 2.45) is 5.73 Å². The Bertz CT molecular complexity index is 495. The molecule has 2 aromatic rings. The second-order valence-corrected chi connectivity index (χ2v) is 4.46. The molecule has 5 heteroatoms. The van der Waals surface area contributed by atoms with Crippen LogP contribution in [0.2, 0.25) is 0 Å². The average molecular weight is 258 g/mol. The van der Waals surface area contributed by atoms with Gasteiger partial charge >= 0.3 is 0 Å². The van der Waals surface area contributed by atoms with E-state index in [1.54, 1.807) is 12.4 Å². The zero-order chi connectivity index (χ0) is 13.5. The van der Waals surface area contributed by atoms with E-state index in [-0.39, 0.29) is 5.91 Å². The Balaban J connectivity index is 1.73. The number of H-pyrrole nitrogens is 1. The van der Waals surface area contributed by atoms with Gasteiger partial charge in [0.2, 0.25) is 5.91 Å². The lowest BCUT2D eigenvalue weighted by atomic mass is 10.1. The Kier molecular flexibility index (Phi) is 4.69. The highest BCUT2D eigenvalue weighted by Gasteiger charge is 2.12. The smallest absolute Gasteiger partial charge is 0.237 e. The SMILES string of the molecule is N[C@@H](CCc1ccccc1)C(=O)NCc1cn[nH]c1. The number of amides is 1. The van der Waals surface area contributed by atoms with Gasteiger partial charge in [-0.25, -0.2) is 0 Å². The number of nitrogens with one attached hydrogen (secondary N) is 2. The monoisotopic (exact) mass is 258 g/mol. The first-order valence-electron chi connectivity index (χ1n) is 6.30. The molecule has 0 fully saturated rings. The minimum atomic E-state index is -0.480. The maximum absolute atomic E-state index is 11.8. The number of hydrogen-bond acceptors (Lipinski definition) is 3. The fourth-order valence-corrected chi connectivity index (χ4v) is 1.79. The first kappa shape index (κ1) is 13.3. The van der Waals surface area contributed by atoms with Crippen molar-refractivity contribution >= 4 is 5.91 Å². The van der Waals surface area contributed by atoms with E-state index in [2.05, 4.69) is 15.5 Å². The summed E-state index contributed by atoms with van der Waals surface area (Å²) in [5.74, 6) is -0.128. The molecule has 0 spiro atoms. The lowest BCUT2D eigenvalue weighted by molar-refractivity contribution is -0.122. The van der Waals surface area contributed by atoms with Crippen molar-refractivity contribution in [2.75, 3.05) is 0 Å². The Morgan fingerprint density at radius 3 is 2.79 bits per heavy atom. The molecule has 0 bridgehead atoms. The highest BCUT2D eigenvalue weighted by atomic mass is 16.2. The van der Waals surface area contributed by atoms with Crippen LogP contribution in [0.4, 0.5) is 0 Å². The molecule has 0 aliphatic rings. The maximum atomic E-state index is 11.8. The first-order valence-corrected chi connectivity index (χ1v) is 6.30. The van der Waals surface area contributed by atoms with Crippen molar-refractivity contribution in [1.82, 2.24) is 15.5 Å². The largest absolute Gasteiger partial charge is 0.351 e. The fourth-order valence-electron chi connectivity index (χ4n) is 1.79. The van der Waals surface area contributed by atoms with E-state index in [0.717, 1.165) is 12.0 Å². The predicted octanol–water partition coefficient (Wildman–Crippen LogP) is 0.986. The fraction of sp³-hybridized carbons (Fsp3) is 0.286. The minimum absolute atomic E-state index is 0.128. The summed E-state index contributed by atoms with van der Waals surface area (Å²) >= 11 is 0. The summed E-state index contributed by atoms with van der Waals surface area (Å²) in [6, 6.07) is 9.54. The van der Waals surface area contributed by atoms with Crippen LogP contribution in [0.15, 0.2) is 42.7 Å². The molecule has 19 heavy (non-hydrogen) atoms. The average Bonchev–Trinajstić information content (AvgIpc) is 2.96. The predicted molar refractivity (Wildman–Crippen MR) is 73.2 cm³/mol. The number of aromatic amines is 1. The number of aromatic nitrogens is 2. The summed E-state index contributed by atoms with van der Waals surface area (Å²) in [4.78, 5) is 11.8. The van der Waals surface area contributed by atoms with Crippen LogP contribution in [0.1, 0.15) is 17.5 Å².